The first-order valence-corrected chi connectivity index (χ1v) is 7.77. The zero-order valence-corrected chi connectivity index (χ0v) is 13.7. The van der Waals surface area contributed by atoms with E-state index in [0.717, 1.165) is 13.0 Å². The molecule has 0 radical (unpaired) electrons. The van der Waals surface area contributed by atoms with Crippen LogP contribution in [-0.4, -0.2) is 46.8 Å². The molecule has 0 aliphatic carbocycles. The summed E-state index contributed by atoms with van der Waals surface area (Å²) in [6, 6.07) is 8.31. The average Bonchev–Trinajstić information content (AvgIpc) is 3.02. The van der Waals surface area contributed by atoms with Gasteiger partial charge in [-0.05, 0) is 24.5 Å². The molecule has 0 fully saturated rings. The number of carbonyl (C=O) groups excluding carboxylic acids is 1. The Morgan fingerprint density at radius 3 is 2.96 bits per heavy atom. The minimum Gasteiger partial charge on any atom is -0.346 e. The minimum absolute atomic E-state index is 0.0743. The molecule has 122 valence electrons. The van der Waals surface area contributed by atoms with Gasteiger partial charge in [0.15, 0.2) is 0 Å². The number of rotatable bonds is 3. The molecule has 1 aromatic heterocycles. The molecule has 2 aromatic rings. The van der Waals surface area contributed by atoms with E-state index in [2.05, 4.69) is 39.6 Å². The maximum Gasteiger partial charge on any atom is 0.318 e. The highest BCUT2D eigenvalue weighted by molar-refractivity contribution is 5.75. The number of hydrogen-bond donors (Lipinski definition) is 2. The van der Waals surface area contributed by atoms with Crippen molar-refractivity contribution in [2.75, 3.05) is 25.5 Å². The molecule has 1 aliphatic heterocycles. The van der Waals surface area contributed by atoms with Gasteiger partial charge in [-0.15, -0.1) is 5.10 Å². The maximum absolute atomic E-state index is 12.5. The highest BCUT2D eigenvalue weighted by Crippen LogP contribution is 2.28. The molecular weight excluding hydrogens is 292 g/mol. The van der Waals surface area contributed by atoms with E-state index < -0.39 is 0 Å². The van der Waals surface area contributed by atoms with Gasteiger partial charge in [-0.2, -0.15) is 4.98 Å². The Kier molecular flexibility index (Phi) is 4.18. The number of nitrogens with zero attached hydrogens (tertiary/aromatic N) is 4. The topological polar surface area (TPSA) is 77.2 Å². The third kappa shape index (κ3) is 3.13. The summed E-state index contributed by atoms with van der Waals surface area (Å²) in [7, 11) is 3.75. The van der Waals surface area contributed by atoms with Crippen LogP contribution in [-0.2, 0) is 13.0 Å². The zero-order chi connectivity index (χ0) is 16.4. The quantitative estimate of drug-likeness (QED) is 0.904. The van der Waals surface area contributed by atoms with Crippen molar-refractivity contribution in [1.29, 1.82) is 0 Å². The second-order valence-corrected chi connectivity index (χ2v) is 5.95. The summed E-state index contributed by atoms with van der Waals surface area (Å²) in [5.41, 5.74) is 2.55. The number of H-pyrrole nitrogens is 1. The van der Waals surface area contributed by atoms with Crippen LogP contribution in [0.25, 0.3) is 0 Å². The van der Waals surface area contributed by atoms with E-state index in [1.807, 2.05) is 36.0 Å². The lowest BCUT2D eigenvalue weighted by Crippen LogP contribution is -2.44. The molecule has 0 saturated carbocycles. The smallest absolute Gasteiger partial charge is 0.318 e. The minimum atomic E-state index is -0.0743. The molecule has 2 N–H and O–H groups in total. The van der Waals surface area contributed by atoms with Crippen LogP contribution in [0.4, 0.5) is 10.7 Å². The van der Waals surface area contributed by atoms with E-state index in [1.54, 1.807) is 0 Å². The highest BCUT2D eigenvalue weighted by Gasteiger charge is 2.27. The van der Waals surface area contributed by atoms with Crippen molar-refractivity contribution in [2.24, 2.45) is 0 Å². The summed E-state index contributed by atoms with van der Waals surface area (Å²) < 4.78 is 0. The van der Waals surface area contributed by atoms with Gasteiger partial charge in [0, 0.05) is 20.6 Å². The zero-order valence-electron chi connectivity index (χ0n) is 13.7. The Labute approximate surface area is 135 Å². The van der Waals surface area contributed by atoms with Crippen LogP contribution in [0.5, 0.6) is 0 Å². The Balaban J connectivity index is 1.62. The molecule has 1 aliphatic rings. The molecule has 0 spiro atoms. The molecule has 2 heterocycles. The number of carbonyl (C=O) groups is 1. The van der Waals surface area contributed by atoms with Gasteiger partial charge in [0.25, 0.3) is 0 Å². The number of aromatic amines is 1. The number of nitrogens with one attached hydrogen (secondary N) is 2. The first-order valence-electron chi connectivity index (χ1n) is 7.77. The predicted molar refractivity (Wildman–Crippen MR) is 88.2 cm³/mol. The molecule has 1 aromatic carbocycles. The number of anilines is 1. The number of urea groups is 1. The van der Waals surface area contributed by atoms with Gasteiger partial charge in [0.05, 0.1) is 12.6 Å². The molecule has 0 saturated heterocycles. The van der Waals surface area contributed by atoms with E-state index in [-0.39, 0.29) is 12.1 Å². The fourth-order valence-electron chi connectivity index (χ4n) is 2.87. The Hall–Kier alpha value is -2.57. The SMILES string of the molecule is CC1c2ccccc2CCN1C(=O)NCc1nc(N(C)C)n[nH]1. The third-order valence-corrected chi connectivity index (χ3v) is 4.18. The van der Waals surface area contributed by atoms with Crippen LogP contribution in [0, 0.1) is 0 Å². The standard InChI is InChI=1S/C16H22N6O/c1-11-13-7-5-4-6-12(13)8-9-22(11)16(23)17-10-14-18-15(20-19-14)21(2)3/h4-7,11H,8-10H2,1-3H3,(H,17,23)(H,18,19,20). The van der Waals surface area contributed by atoms with Crippen molar-refractivity contribution >= 4 is 12.0 Å². The van der Waals surface area contributed by atoms with Gasteiger partial charge in [-0.25, -0.2) is 4.79 Å². The molecule has 7 nitrogen and oxygen atoms in total. The second-order valence-electron chi connectivity index (χ2n) is 5.95. The summed E-state index contributed by atoms with van der Waals surface area (Å²) in [4.78, 5) is 20.5. The first-order chi connectivity index (χ1) is 11.1. The summed E-state index contributed by atoms with van der Waals surface area (Å²) in [6.45, 7) is 3.13. The van der Waals surface area contributed by atoms with E-state index >= 15 is 0 Å². The van der Waals surface area contributed by atoms with Gasteiger partial charge >= 0.3 is 6.03 Å². The molecule has 2 amide bonds. The van der Waals surface area contributed by atoms with E-state index in [0.29, 0.717) is 18.3 Å². The van der Waals surface area contributed by atoms with Crippen molar-refractivity contribution in [3.8, 4) is 0 Å². The first kappa shape index (κ1) is 15.3. The number of fused-ring (bicyclic) bond motifs is 1. The predicted octanol–water partition coefficient (Wildman–Crippen LogP) is 1.70. The van der Waals surface area contributed by atoms with Gasteiger partial charge in [-0.3, -0.25) is 5.10 Å². The molecule has 1 unspecified atom stereocenters. The highest BCUT2D eigenvalue weighted by atomic mass is 16.2. The van der Waals surface area contributed by atoms with Crippen molar-refractivity contribution in [3.05, 3.63) is 41.2 Å². The van der Waals surface area contributed by atoms with E-state index in [9.17, 15) is 4.79 Å². The Bertz CT molecular complexity index is 695. The van der Waals surface area contributed by atoms with Gasteiger partial charge in [0.2, 0.25) is 5.95 Å². The lowest BCUT2D eigenvalue weighted by atomic mass is 9.94. The summed E-state index contributed by atoms with van der Waals surface area (Å²) >= 11 is 0. The summed E-state index contributed by atoms with van der Waals surface area (Å²) in [5, 5.41) is 9.83. The molecule has 1 atom stereocenters. The maximum atomic E-state index is 12.5. The third-order valence-electron chi connectivity index (χ3n) is 4.18. The van der Waals surface area contributed by atoms with Crippen molar-refractivity contribution in [2.45, 2.75) is 25.9 Å². The van der Waals surface area contributed by atoms with Crippen molar-refractivity contribution in [1.82, 2.24) is 25.4 Å². The van der Waals surface area contributed by atoms with Crippen molar-refractivity contribution in [3.63, 3.8) is 0 Å². The van der Waals surface area contributed by atoms with Crippen LogP contribution < -0.4 is 10.2 Å². The average molecular weight is 314 g/mol. The van der Waals surface area contributed by atoms with E-state index in [4.69, 9.17) is 0 Å². The summed E-state index contributed by atoms with van der Waals surface area (Å²) in [5.74, 6) is 1.25. The number of hydrogen-bond acceptors (Lipinski definition) is 4. The van der Waals surface area contributed by atoms with Gasteiger partial charge in [0.1, 0.15) is 5.82 Å². The molecule has 0 bridgehead atoms. The van der Waals surface area contributed by atoms with Gasteiger partial charge in [-0.1, -0.05) is 24.3 Å². The van der Waals surface area contributed by atoms with Crippen LogP contribution in [0.2, 0.25) is 0 Å². The van der Waals surface area contributed by atoms with Crippen LogP contribution in [0.1, 0.15) is 29.9 Å². The fraction of sp³-hybridized carbons (Fsp3) is 0.438. The monoisotopic (exact) mass is 314 g/mol. The van der Waals surface area contributed by atoms with Crippen molar-refractivity contribution < 1.29 is 4.79 Å². The van der Waals surface area contributed by atoms with Crippen LogP contribution in [0.3, 0.4) is 0 Å². The summed E-state index contributed by atoms with van der Waals surface area (Å²) in [6.07, 6.45) is 0.890. The van der Waals surface area contributed by atoms with Crippen LogP contribution >= 0.6 is 0 Å². The molecular formula is C16H22N6O. The lowest BCUT2D eigenvalue weighted by Gasteiger charge is -2.35. The number of benzene rings is 1. The van der Waals surface area contributed by atoms with Crippen LogP contribution in [0.15, 0.2) is 24.3 Å². The molecule has 3 rings (SSSR count). The molecule has 7 heteroatoms. The second kappa shape index (κ2) is 6.28. The van der Waals surface area contributed by atoms with E-state index in [1.165, 1.54) is 11.1 Å². The number of aromatic nitrogens is 3. The Morgan fingerprint density at radius 2 is 2.22 bits per heavy atom. The molecule has 23 heavy (non-hydrogen) atoms. The Morgan fingerprint density at radius 1 is 1.43 bits per heavy atom. The fourth-order valence-corrected chi connectivity index (χ4v) is 2.87. The number of amides is 2. The lowest BCUT2D eigenvalue weighted by molar-refractivity contribution is 0.174. The van der Waals surface area contributed by atoms with Gasteiger partial charge < -0.3 is 15.1 Å². The normalized spacial score (nSPS) is 16.8. The largest absolute Gasteiger partial charge is 0.346 e.